The number of hydrogen-bond acceptors (Lipinski definition) is 0. The van der Waals surface area contributed by atoms with E-state index in [-0.39, 0.29) is 24.3 Å². The summed E-state index contributed by atoms with van der Waals surface area (Å²) in [5.74, 6) is 2.49. The minimum atomic E-state index is 0.212. The highest BCUT2D eigenvalue weighted by Crippen LogP contribution is 2.66. The minimum Gasteiger partial charge on any atom is -0.0686 e. The van der Waals surface area contributed by atoms with Crippen LogP contribution in [0.5, 0.6) is 0 Å². The molecule has 4 fully saturated rings. The predicted octanol–water partition coefficient (Wildman–Crippen LogP) is 10.6. The molecule has 4 aliphatic carbocycles. The molecule has 0 radical (unpaired) electrons. The van der Waals surface area contributed by atoms with Crippen molar-refractivity contribution in [2.75, 3.05) is 0 Å². The van der Waals surface area contributed by atoms with Gasteiger partial charge < -0.3 is 0 Å². The van der Waals surface area contributed by atoms with Gasteiger partial charge in [0.2, 0.25) is 13.4 Å². The average molecular weight is 783 g/mol. The van der Waals surface area contributed by atoms with Crippen LogP contribution in [0.25, 0.3) is 11.1 Å². The number of aryl methyl sites for hydroxylation is 6. The number of fused-ring (bicyclic) bond motifs is 3. The van der Waals surface area contributed by atoms with Gasteiger partial charge >= 0.3 is 0 Å². The van der Waals surface area contributed by atoms with E-state index in [1.165, 1.54) is 110 Å². The SMILES string of the molecule is Cc1cc(C)c(B(c2ccc(C34CC5CC(C3)CC(c3cc(C(C)C)c(B6c7ccccc7-c7ccccc76)c(C(C)C)c3)(C5)C4)cc2)c2c(C)cc(C)cc2C)c(C)c1. The molecule has 0 nitrogen and oxygen atoms in total. The first-order chi connectivity index (χ1) is 28.8. The lowest BCUT2D eigenvalue weighted by atomic mass is 9.34. The molecule has 2 heteroatoms. The molecule has 11 rings (SSSR count). The van der Waals surface area contributed by atoms with E-state index in [0.717, 1.165) is 11.8 Å². The van der Waals surface area contributed by atoms with Gasteiger partial charge in [0.1, 0.15) is 0 Å². The molecular formula is C58H64B2. The lowest BCUT2D eigenvalue weighted by Crippen LogP contribution is -2.57. The van der Waals surface area contributed by atoms with E-state index < -0.39 is 0 Å². The van der Waals surface area contributed by atoms with Crippen LogP contribution in [0.3, 0.4) is 0 Å². The van der Waals surface area contributed by atoms with Crippen molar-refractivity contribution in [3.05, 3.63) is 165 Å². The summed E-state index contributed by atoms with van der Waals surface area (Å²) in [4.78, 5) is 0. The van der Waals surface area contributed by atoms with Gasteiger partial charge in [-0.1, -0.05) is 203 Å². The zero-order valence-electron chi connectivity index (χ0n) is 38.1. The van der Waals surface area contributed by atoms with Crippen molar-refractivity contribution >= 4 is 46.2 Å². The second-order valence-electron chi connectivity index (χ2n) is 21.2. The normalized spacial score (nSPS) is 22.5. The average Bonchev–Trinajstić information content (AvgIpc) is 3.52. The Balaban J connectivity index is 1.07. The highest BCUT2D eigenvalue weighted by Gasteiger charge is 2.59. The Morgan fingerprint density at radius 3 is 1.37 bits per heavy atom. The second-order valence-corrected chi connectivity index (χ2v) is 21.2. The van der Waals surface area contributed by atoms with E-state index in [0.29, 0.717) is 11.8 Å². The van der Waals surface area contributed by atoms with Crippen molar-refractivity contribution in [3.8, 4) is 11.1 Å². The zero-order valence-corrected chi connectivity index (χ0v) is 38.1. The summed E-state index contributed by atoms with van der Waals surface area (Å²) in [5.41, 5.74) is 27.0. The molecule has 2 unspecified atom stereocenters. The third-order valence-corrected chi connectivity index (χ3v) is 16.2. The Kier molecular flexibility index (Phi) is 9.59. The molecule has 4 saturated carbocycles. The largest absolute Gasteiger partial charge is 0.243 e. The van der Waals surface area contributed by atoms with Crippen LogP contribution < -0.4 is 32.8 Å². The standard InChI is InChI=1S/C58H64B2/c1-35(2)50-28-46(29-51(36(3)4)56(50)60-52-17-13-11-15-48(52)49-16-12-14-18-53(49)60)58-32-43-27-44(33-58)31-57(30-43,34-58)45-19-21-47(22-20-45)59(54-39(7)23-37(5)24-40(54)8)55-41(9)25-38(6)26-42(55)10/h11-26,28-29,35-36,43-44H,27,30-34H2,1-10H3. The van der Waals surface area contributed by atoms with Gasteiger partial charge in [-0.25, -0.2) is 0 Å². The van der Waals surface area contributed by atoms with E-state index in [1.54, 1.807) is 27.7 Å². The third kappa shape index (κ3) is 6.24. The Hall–Kier alpha value is -4.55. The second kappa shape index (κ2) is 14.5. The van der Waals surface area contributed by atoms with Gasteiger partial charge in [-0.05, 0) is 148 Å². The molecule has 2 atom stereocenters. The fourth-order valence-corrected chi connectivity index (χ4v) is 14.5. The molecule has 0 amide bonds. The summed E-state index contributed by atoms with van der Waals surface area (Å²) >= 11 is 0. The Morgan fingerprint density at radius 2 is 0.933 bits per heavy atom. The number of hydrogen-bond donors (Lipinski definition) is 0. The Bertz CT molecular complexity index is 2470. The van der Waals surface area contributed by atoms with Gasteiger partial charge in [0.05, 0.1) is 0 Å². The van der Waals surface area contributed by atoms with Crippen LogP contribution >= 0.6 is 0 Å². The third-order valence-electron chi connectivity index (χ3n) is 16.2. The summed E-state index contributed by atoms with van der Waals surface area (Å²) < 4.78 is 0. The molecule has 0 spiro atoms. The maximum atomic E-state index is 2.75. The molecule has 4 bridgehead atoms. The van der Waals surface area contributed by atoms with Crippen molar-refractivity contribution in [1.82, 2.24) is 0 Å². The maximum Gasteiger partial charge on any atom is 0.243 e. The van der Waals surface area contributed by atoms with Crippen molar-refractivity contribution in [2.45, 2.75) is 130 Å². The van der Waals surface area contributed by atoms with Gasteiger partial charge in [-0.2, -0.15) is 0 Å². The van der Waals surface area contributed by atoms with Crippen LogP contribution in [-0.4, -0.2) is 13.4 Å². The van der Waals surface area contributed by atoms with E-state index in [9.17, 15) is 0 Å². The maximum absolute atomic E-state index is 2.75. The molecule has 0 saturated heterocycles. The van der Waals surface area contributed by atoms with E-state index >= 15 is 0 Å². The molecule has 1 aliphatic heterocycles. The first-order valence-corrected chi connectivity index (χ1v) is 23.4. The van der Waals surface area contributed by atoms with Crippen LogP contribution in [0.4, 0.5) is 0 Å². The minimum absolute atomic E-state index is 0.212. The zero-order chi connectivity index (χ0) is 41.8. The summed E-state index contributed by atoms with van der Waals surface area (Å²) in [6, 6.07) is 43.8. The highest BCUT2D eigenvalue weighted by atomic mass is 14.6. The van der Waals surface area contributed by atoms with Crippen molar-refractivity contribution in [3.63, 3.8) is 0 Å². The number of benzene rings is 6. The fraction of sp³-hybridized carbons (Fsp3) is 0.379. The molecule has 60 heavy (non-hydrogen) atoms. The van der Waals surface area contributed by atoms with Crippen molar-refractivity contribution in [1.29, 1.82) is 0 Å². The molecule has 1 heterocycles. The van der Waals surface area contributed by atoms with Gasteiger partial charge in [0, 0.05) is 0 Å². The topological polar surface area (TPSA) is 0 Å². The molecule has 5 aliphatic rings. The Labute approximate surface area is 362 Å². The summed E-state index contributed by atoms with van der Waals surface area (Å²) in [5, 5.41) is 0. The van der Waals surface area contributed by atoms with E-state index in [4.69, 9.17) is 0 Å². The molecule has 0 aromatic heterocycles. The highest BCUT2D eigenvalue weighted by molar-refractivity contribution is 6.99. The fourth-order valence-electron chi connectivity index (χ4n) is 14.5. The predicted molar refractivity (Wildman–Crippen MR) is 262 cm³/mol. The summed E-state index contributed by atoms with van der Waals surface area (Å²) in [6.45, 7) is 24.1. The van der Waals surface area contributed by atoms with Crippen LogP contribution in [0.1, 0.15) is 134 Å². The summed E-state index contributed by atoms with van der Waals surface area (Å²) in [7, 11) is 0. The van der Waals surface area contributed by atoms with Crippen molar-refractivity contribution in [2.24, 2.45) is 11.8 Å². The van der Waals surface area contributed by atoms with Gasteiger partial charge in [-0.15, -0.1) is 0 Å². The van der Waals surface area contributed by atoms with Crippen LogP contribution in [0, 0.1) is 53.4 Å². The van der Waals surface area contributed by atoms with Crippen LogP contribution in [0.15, 0.2) is 109 Å². The lowest BCUT2D eigenvalue weighted by Gasteiger charge is -2.63. The smallest absolute Gasteiger partial charge is 0.0686 e. The molecular weight excluding hydrogens is 718 g/mol. The molecule has 0 N–H and O–H groups in total. The first kappa shape index (κ1) is 39.6. The molecule has 6 aromatic carbocycles. The first-order valence-electron chi connectivity index (χ1n) is 23.4. The van der Waals surface area contributed by atoms with Gasteiger partial charge in [-0.3, -0.25) is 0 Å². The molecule has 6 aromatic rings. The summed E-state index contributed by atoms with van der Waals surface area (Å²) in [6.07, 6.45) is 8.11. The lowest BCUT2D eigenvalue weighted by molar-refractivity contribution is -0.0281. The van der Waals surface area contributed by atoms with E-state index in [1.807, 2.05) is 0 Å². The molecule has 302 valence electrons. The van der Waals surface area contributed by atoms with E-state index in [2.05, 4.69) is 178 Å². The number of rotatable bonds is 8. The Morgan fingerprint density at radius 1 is 0.517 bits per heavy atom. The quantitative estimate of drug-likeness (QED) is 0.135. The van der Waals surface area contributed by atoms with Gasteiger partial charge in [0.15, 0.2) is 0 Å². The monoisotopic (exact) mass is 783 g/mol. The van der Waals surface area contributed by atoms with Crippen LogP contribution in [-0.2, 0) is 10.8 Å². The van der Waals surface area contributed by atoms with Crippen LogP contribution in [0.2, 0.25) is 0 Å². The van der Waals surface area contributed by atoms with Crippen molar-refractivity contribution < 1.29 is 0 Å². The van der Waals surface area contributed by atoms with Gasteiger partial charge in [0.25, 0.3) is 0 Å².